The molecule has 2 N–H and O–H groups in total. The Bertz CT molecular complexity index is 1180. The number of likely N-dealkylation sites (tertiary alicyclic amines) is 1. The van der Waals surface area contributed by atoms with Gasteiger partial charge in [-0.2, -0.15) is 5.48 Å². The molecule has 3 heterocycles. The van der Waals surface area contributed by atoms with Crippen molar-refractivity contribution in [2.75, 3.05) is 33.4 Å². The Morgan fingerprint density at radius 1 is 1.21 bits per heavy atom. The van der Waals surface area contributed by atoms with Crippen molar-refractivity contribution in [3.63, 3.8) is 0 Å². The van der Waals surface area contributed by atoms with Crippen LogP contribution in [0.4, 0.5) is 4.39 Å². The quantitative estimate of drug-likeness (QED) is 0.355. The highest BCUT2D eigenvalue weighted by atomic mass is 19.1. The molecule has 0 bridgehead atoms. The summed E-state index contributed by atoms with van der Waals surface area (Å²) in [4.78, 5) is 46.5. The van der Waals surface area contributed by atoms with Crippen molar-refractivity contribution in [2.45, 2.75) is 45.8 Å². The van der Waals surface area contributed by atoms with Gasteiger partial charge < -0.3 is 24.6 Å². The number of carbonyl (C=O) groups excluding carboxylic acids is 2. The number of nitrogens with one attached hydrogen (secondary N) is 2. The molecule has 1 aromatic heterocycles. The maximum absolute atomic E-state index is 13.6. The van der Waals surface area contributed by atoms with Gasteiger partial charge in [0.2, 0.25) is 5.91 Å². The molecule has 2 aromatic rings. The molecule has 11 nitrogen and oxygen atoms in total. The summed E-state index contributed by atoms with van der Waals surface area (Å²) in [6, 6.07) is 6.01. The number of hydrogen-bond donors (Lipinski definition) is 2. The first-order valence-corrected chi connectivity index (χ1v) is 12.7. The maximum atomic E-state index is 13.6. The van der Waals surface area contributed by atoms with E-state index in [0.717, 1.165) is 12.8 Å². The Balaban J connectivity index is 1.31. The predicted octanol–water partition coefficient (Wildman–Crippen LogP) is 2.14. The van der Waals surface area contributed by atoms with Crippen LogP contribution >= 0.6 is 0 Å². The van der Waals surface area contributed by atoms with E-state index in [1.807, 2.05) is 11.8 Å². The molecular formula is C26H33FN6O5. The first-order chi connectivity index (χ1) is 18.4. The van der Waals surface area contributed by atoms with Crippen molar-refractivity contribution in [1.82, 2.24) is 25.7 Å². The van der Waals surface area contributed by atoms with E-state index in [0.29, 0.717) is 48.9 Å². The number of benzene rings is 1. The smallest absolute Gasteiger partial charge is 0.270 e. The van der Waals surface area contributed by atoms with Crippen LogP contribution in [0.1, 0.15) is 53.8 Å². The lowest BCUT2D eigenvalue weighted by Gasteiger charge is -2.33. The van der Waals surface area contributed by atoms with Gasteiger partial charge >= 0.3 is 0 Å². The second-order valence-electron chi connectivity index (χ2n) is 9.20. The number of amides is 2. The number of oxime groups is 1. The number of piperidine rings is 1. The van der Waals surface area contributed by atoms with Gasteiger partial charge in [-0.05, 0) is 50.5 Å². The van der Waals surface area contributed by atoms with Crippen LogP contribution in [0.15, 0.2) is 29.4 Å². The molecule has 0 spiro atoms. The fraction of sp³-hybridized carbons (Fsp3) is 0.500. The van der Waals surface area contributed by atoms with Gasteiger partial charge in [0.25, 0.3) is 5.91 Å². The molecule has 204 valence electrons. The van der Waals surface area contributed by atoms with Crippen molar-refractivity contribution in [3.8, 4) is 5.75 Å². The monoisotopic (exact) mass is 528 g/mol. The standard InChI is InChI=1S/C26H33FN6O5/c1-4-37-29-15-25(34)33-9-7-18(8-10-33)23-13-21(32-38-23)20-12-22(31-16(2)30-20)26(35)28-14-17-5-6-19(27)24(11-17)36-3/h5-6,11-12,18,23,29H,4,7-10,13-15H2,1-3H3,(H,28,35). The van der Waals surface area contributed by atoms with Gasteiger partial charge in [-0.25, -0.2) is 14.4 Å². The van der Waals surface area contributed by atoms with E-state index in [2.05, 4.69) is 25.9 Å². The second kappa shape index (κ2) is 12.7. The number of hydroxylamine groups is 1. The number of carbonyl (C=O) groups is 2. The zero-order chi connectivity index (χ0) is 27.1. The fourth-order valence-corrected chi connectivity index (χ4v) is 4.57. The van der Waals surface area contributed by atoms with Gasteiger partial charge in [-0.3, -0.25) is 9.59 Å². The normalized spacial score (nSPS) is 17.6. The number of methoxy groups -OCH3 is 1. The summed E-state index contributed by atoms with van der Waals surface area (Å²) in [7, 11) is 1.39. The average molecular weight is 529 g/mol. The molecule has 0 aliphatic carbocycles. The van der Waals surface area contributed by atoms with Crippen molar-refractivity contribution in [3.05, 3.63) is 52.9 Å². The summed E-state index contributed by atoms with van der Waals surface area (Å²) in [5.41, 5.74) is 4.78. The summed E-state index contributed by atoms with van der Waals surface area (Å²) in [6.45, 7) is 5.72. The van der Waals surface area contributed by atoms with Gasteiger partial charge in [0.15, 0.2) is 11.6 Å². The molecule has 2 aliphatic rings. The number of nitrogens with zero attached hydrogens (tertiary/aromatic N) is 4. The maximum Gasteiger partial charge on any atom is 0.270 e. The van der Waals surface area contributed by atoms with E-state index in [4.69, 9.17) is 14.4 Å². The molecule has 2 aliphatic heterocycles. The Morgan fingerprint density at radius 3 is 2.74 bits per heavy atom. The minimum atomic E-state index is -0.467. The van der Waals surface area contributed by atoms with Gasteiger partial charge in [-0.15, -0.1) is 0 Å². The number of halogens is 1. The highest BCUT2D eigenvalue weighted by Crippen LogP contribution is 2.29. The molecule has 0 radical (unpaired) electrons. The average Bonchev–Trinajstić information content (AvgIpc) is 3.43. The minimum Gasteiger partial charge on any atom is -0.494 e. The molecule has 1 unspecified atom stereocenters. The molecule has 1 saturated heterocycles. The number of hydrogen-bond acceptors (Lipinski definition) is 9. The number of rotatable bonds is 10. The van der Waals surface area contributed by atoms with Crippen LogP contribution in [0.25, 0.3) is 0 Å². The summed E-state index contributed by atoms with van der Waals surface area (Å²) in [5.74, 6) is -0.0193. The predicted molar refractivity (Wildman–Crippen MR) is 136 cm³/mol. The van der Waals surface area contributed by atoms with Crippen LogP contribution in [0.3, 0.4) is 0 Å². The molecule has 0 saturated carbocycles. The van der Waals surface area contributed by atoms with Gasteiger partial charge in [0.1, 0.15) is 29.9 Å². The Hall–Kier alpha value is -3.64. The minimum absolute atomic E-state index is 0.0158. The lowest BCUT2D eigenvalue weighted by molar-refractivity contribution is -0.135. The first kappa shape index (κ1) is 27.4. The summed E-state index contributed by atoms with van der Waals surface area (Å²) < 4.78 is 18.6. The Kier molecular flexibility index (Phi) is 9.19. The van der Waals surface area contributed by atoms with Crippen molar-refractivity contribution >= 4 is 17.5 Å². The van der Waals surface area contributed by atoms with Crippen LogP contribution < -0.4 is 15.5 Å². The summed E-state index contributed by atoms with van der Waals surface area (Å²) in [6.07, 6.45) is 2.10. The summed E-state index contributed by atoms with van der Waals surface area (Å²) >= 11 is 0. The lowest BCUT2D eigenvalue weighted by atomic mass is 9.88. The Labute approximate surface area is 220 Å². The third-order valence-electron chi connectivity index (χ3n) is 6.62. The van der Waals surface area contributed by atoms with Crippen LogP contribution in [0.5, 0.6) is 5.75 Å². The molecule has 2 amide bonds. The van der Waals surface area contributed by atoms with E-state index < -0.39 is 5.82 Å². The lowest BCUT2D eigenvalue weighted by Crippen LogP contribution is -2.44. The number of aromatic nitrogens is 2. The van der Waals surface area contributed by atoms with Gasteiger partial charge in [0.05, 0.1) is 19.4 Å². The molecule has 1 aromatic carbocycles. The molecule has 1 fully saturated rings. The van der Waals surface area contributed by atoms with Gasteiger partial charge in [0, 0.05) is 32.0 Å². The van der Waals surface area contributed by atoms with Crippen molar-refractivity contribution < 1.29 is 28.4 Å². The van der Waals surface area contributed by atoms with E-state index in [-0.39, 0.29) is 48.4 Å². The van der Waals surface area contributed by atoms with Gasteiger partial charge in [-0.1, -0.05) is 11.2 Å². The number of ether oxygens (including phenoxy) is 1. The van der Waals surface area contributed by atoms with Crippen LogP contribution in [0, 0.1) is 18.7 Å². The van der Waals surface area contributed by atoms with Crippen molar-refractivity contribution in [2.24, 2.45) is 11.1 Å². The highest BCUT2D eigenvalue weighted by Gasteiger charge is 2.34. The SMILES string of the molecule is CCONCC(=O)N1CCC(C2CC(c3cc(C(=O)NCc4ccc(F)c(OC)c4)nc(C)n3)=NO2)CC1. The first-order valence-electron chi connectivity index (χ1n) is 12.7. The highest BCUT2D eigenvalue weighted by molar-refractivity contribution is 6.02. The summed E-state index contributed by atoms with van der Waals surface area (Å²) in [5, 5.41) is 7.07. The third-order valence-corrected chi connectivity index (χ3v) is 6.62. The molecule has 4 rings (SSSR count). The molecule has 38 heavy (non-hydrogen) atoms. The number of aryl methyl sites for hydroxylation is 1. The van der Waals surface area contributed by atoms with Crippen LogP contribution in [-0.4, -0.2) is 71.8 Å². The molecule has 12 heteroatoms. The second-order valence-corrected chi connectivity index (χ2v) is 9.20. The third kappa shape index (κ3) is 6.81. The molecular weight excluding hydrogens is 495 g/mol. The molecule has 1 atom stereocenters. The fourth-order valence-electron chi connectivity index (χ4n) is 4.57. The van der Waals surface area contributed by atoms with E-state index in [9.17, 15) is 14.0 Å². The Morgan fingerprint density at radius 2 is 2.00 bits per heavy atom. The largest absolute Gasteiger partial charge is 0.494 e. The van der Waals surface area contributed by atoms with E-state index in [1.54, 1.807) is 19.1 Å². The van der Waals surface area contributed by atoms with E-state index >= 15 is 0 Å². The van der Waals surface area contributed by atoms with Crippen LogP contribution in [-0.2, 0) is 21.0 Å². The zero-order valence-corrected chi connectivity index (χ0v) is 21.8. The van der Waals surface area contributed by atoms with Crippen LogP contribution in [0.2, 0.25) is 0 Å². The van der Waals surface area contributed by atoms with Crippen molar-refractivity contribution in [1.29, 1.82) is 0 Å². The topological polar surface area (TPSA) is 127 Å². The zero-order valence-electron chi connectivity index (χ0n) is 21.8. The van der Waals surface area contributed by atoms with E-state index in [1.165, 1.54) is 19.2 Å².